The lowest BCUT2D eigenvalue weighted by Crippen LogP contribution is -2.35. The largest absolute Gasteiger partial charge is 0.329 e. The summed E-state index contributed by atoms with van der Waals surface area (Å²) in [6.45, 7) is 4.13. The van der Waals surface area contributed by atoms with Gasteiger partial charge >= 0.3 is 0 Å². The SMILES string of the molecule is CCC(C)NC(CN)c1c(F)cccc1F. The standard InChI is InChI=1S/C12H18F2N2/c1-3-8(2)16-11(7-15)12-9(13)5-4-6-10(12)14/h4-6,8,11,16H,3,7,15H2,1-2H3. The van der Waals surface area contributed by atoms with E-state index in [1.165, 1.54) is 18.2 Å². The Morgan fingerprint density at radius 1 is 1.31 bits per heavy atom. The topological polar surface area (TPSA) is 38.0 Å². The van der Waals surface area contributed by atoms with Gasteiger partial charge in [0.05, 0.1) is 6.04 Å². The fourth-order valence-corrected chi connectivity index (χ4v) is 1.57. The van der Waals surface area contributed by atoms with E-state index >= 15 is 0 Å². The third-order valence-electron chi connectivity index (χ3n) is 2.68. The molecule has 0 aliphatic rings. The van der Waals surface area contributed by atoms with Gasteiger partial charge in [0.1, 0.15) is 11.6 Å². The van der Waals surface area contributed by atoms with Crippen LogP contribution in [-0.4, -0.2) is 12.6 Å². The molecule has 1 rings (SSSR count). The van der Waals surface area contributed by atoms with Crippen LogP contribution in [-0.2, 0) is 0 Å². The molecule has 0 fully saturated rings. The molecule has 90 valence electrons. The van der Waals surface area contributed by atoms with Gasteiger partial charge in [-0.25, -0.2) is 8.78 Å². The summed E-state index contributed by atoms with van der Waals surface area (Å²) in [6.07, 6.45) is 0.882. The van der Waals surface area contributed by atoms with Crippen molar-refractivity contribution >= 4 is 0 Å². The molecule has 0 spiro atoms. The molecule has 0 heterocycles. The molecular formula is C12H18F2N2. The number of hydrogen-bond acceptors (Lipinski definition) is 2. The molecule has 0 aliphatic carbocycles. The average Bonchev–Trinajstić information content (AvgIpc) is 2.27. The fourth-order valence-electron chi connectivity index (χ4n) is 1.57. The minimum Gasteiger partial charge on any atom is -0.329 e. The molecule has 1 aromatic carbocycles. The summed E-state index contributed by atoms with van der Waals surface area (Å²) in [6, 6.07) is 3.55. The monoisotopic (exact) mass is 228 g/mol. The Morgan fingerprint density at radius 2 is 1.88 bits per heavy atom. The van der Waals surface area contributed by atoms with Crippen molar-refractivity contribution in [2.45, 2.75) is 32.4 Å². The van der Waals surface area contributed by atoms with E-state index in [1.54, 1.807) is 0 Å². The molecule has 2 unspecified atom stereocenters. The number of benzene rings is 1. The molecule has 0 saturated heterocycles. The summed E-state index contributed by atoms with van der Waals surface area (Å²) < 4.78 is 27.0. The van der Waals surface area contributed by atoms with Gasteiger partial charge in [0.15, 0.2) is 0 Å². The maximum atomic E-state index is 13.5. The molecule has 4 heteroatoms. The summed E-state index contributed by atoms with van der Waals surface area (Å²) >= 11 is 0. The van der Waals surface area contributed by atoms with Crippen LogP contribution >= 0.6 is 0 Å². The normalized spacial score (nSPS) is 14.8. The smallest absolute Gasteiger partial charge is 0.130 e. The minimum atomic E-state index is -0.550. The van der Waals surface area contributed by atoms with Gasteiger partial charge in [0, 0.05) is 18.2 Å². The molecule has 2 nitrogen and oxygen atoms in total. The first kappa shape index (κ1) is 13.1. The van der Waals surface area contributed by atoms with E-state index in [-0.39, 0.29) is 18.2 Å². The van der Waals surface area contributed by atoms with E-state index in [4.69, 9.17) is 5.73 Å². The van der Waals surface area contributed by atoms with Crippen molar-refractivity contribution in [3.8, 4) is 0 Å². The van der Waals surface area contributed by atoms with Gasteiger partial charge in [-0.3, -0.25) is 0 Å². The van der Waals surface area contributed by atoms with Crippen molar-refractivity contribution in [2.24, 2.45) is 5.73 Å². The Balaban J connectivity index is 2.94. The van der Waals surface area contributed by atoms with E-state index in [0.717, 1.165) is 6.42 Å². The molecule has 0 radical (unpaired) electrons. The zero-order chi connectivity index (χ0) is 12.1. The summed E-state index contributed by atoms with van der Waals surface area (Å²) in [5.74, 6) is -1.10. The summed E-state index contributed by atoms with van der Waals surface area (Å²) in [5.41, 5.74) is 5.58. The minimum absolute atomic E-state index is 0.0327. The molecule has 1 aromatic rings. The molecule has 0 bridgehead atoms. The summed E-state index contributed by atoms with van der Waals surface area (Å²) in [5, 5.41) is 3.11. The molecule has 2 atom stereocenters. The van der Waals surface area contributed by atoms with Gasteiger partial charge in [-0.05, 0) is 25.5 Å². The van der Waals surface area contributed by atoms with Crippen LogP contribution < -0.4 is 11.1 Å². The van der Waals surface area contributed by atoms with E-state index in [2.05, 4.69) is 5.32 Å². The van der Waals surface area contributed by atoms with Crippen LogP contribution in [0.4, 0.5) is 8.78 Å². The van der Waals surface area contributed by atoms with Crippen LogP contribution in [0.25, 0.3) is 0 Å². The van der Waals surface area contributed by atoms with Gasteiger partial charge in [0.2, 0.25) is 0 Å². The first-order chi connectivity index (χ1) is 7.60. The van der Waals surface area contributed by atoms with Crippen molar-refractivity contribution in [1.29, 1.82) is 0 Å². The molecule has 3 N–H and O–H groups in total. The zero-order valence-corrected chi connectivity index (χ0v) is 9.63. The highest BCUT2D eigenvalue weighted by Gasteiger charge is 2.19. The second kappa shape index (κ2) is 5.92. The lowest BCUT2D eigenvalue weighted by molar-refractivity contribution is 0.420. The Kier molecular flexibility index (Phi) is 4.83. The van der Waals surface area contributed by atoms with E-state index in [0.29, 0.717) is 0 Å². The van der Waals surface area contributed by atoms with Crippen LogP contribution in [0.5, 0.6) is 0 Å². The number of nitrogens with two attached hydrogens (primary N) is 1. The van der Waals surface area contributed by atoms with E-state index in [9.17, 15) is 8.78 Å². The van der Waals surface area contributed by atoms with Gasteiger partial charge in [-0.2, -0.15) is 0 Å². The molecule has 0 aromatic heterocycles. The van der Waals surface area contributed by atoms with E-state index in [1.807, 2.05) is 13.8 Å². The van der Waals surface area contributed by atoms with Gasteiger partial charge in [-0.1, -0.05) is 13.0 Å². The van der Waals surface area contributed by atoms with Crippen molar-refractivity contribution in [3.63, 3.8) is 0 Å². The second-order valence-electron chi connectivity index (χ2n) is 3.90. The second-order valence-corrected chi connectivity index (χ2v) is 3.90. The van der Waals surface area contributed by atoms with Crippen molar-refractivity contribution < 1.29 is 8.78 Å². The number of rotatable bonds is 5. The van der Waals surface area contributed by atoms with Crippen molar-refractivity contribution in [3.05, 3.63) is 35.4 Å². The average molecular weight is 228 g/mol. The predicted octanol–water partition coefficient (Wildman–Crippen LogP) is 2.35. The number of nitrogens with one attached hydrogen (secondary N) is 1. The molecule has 0 saturated carbocycles. The third kappa shape index (κ3) is 3.00. The maximum absolute atomic E-state index is 13.5. The van der Waals surface area contributed by atoms with Gasteiger partial charge in [0.25, 0.3) is 0 Å². The third-order valence-corrected chi connectivity index (χ3v) is 2.68. The van der Waals surface area contributed by atoms with Crippen LogP contribution in [0, 0.1) is 11.6 Å². The van der Waals surface area contributed by atoms with Crippen LogP contribution in [0.2, 0.25) is 0 Å². The Hall–Kier alpha value is -1.00. The Morgan fingerprint density at radius 3 is 2.31 bits per heavy atom. The van der Waals surface area contributed by atoms with Crippen LogP contribution in [0.15, 0.2) is 18.2 Å². The number of hydrogen-bond donors (Lipinski definition) is 2. The first-order valence-electron chi connectivity index (χ1n) is 5.50. The highest BCUT2D eigenvalue weighted by molar-refractivity contribution is 5.23. The molecule has 0 aliphatic heterocycles. The molecule has 16 heavy (non-hydrogen) atoms. The van der Waals surface area contributed by atoms with Crippen molar-refractivity contribution in [2.75, 3.05) is 6.54 Å². The Labute approximate surface area is 94.8 Å². The Bertz CT molecular complexity index is 322. The predicted molar refractivity (Wildman–Crippen MR) is 61.0 cm³/mol. The maximum Gasteiger partial charge on any atom is 0.130 e. The molecular weight excluding hydrogens is 210 g/mol. The number of halogens is 2. The fraction of sp³-hybridized carbons (Fsp3) is 0.500. The lowest BCUT2D eigenvalue weighted by atomic mass is 10.0. The summed E-state index contributed by atoms with van der Waals surface area (Å²) in [7, 11) is 0. The van der Waals surface area contributed by atoms with E-state index < -0.39 is 17.7 Å². The van der Waals surface area contributed by atoms with Crippen LogP contribution in [0.1, 0.15) is 31.9 Å². The zero-order valence-electron chi connectivity index (χ0n) is 9.63. The highest BCUT2D eigenvalue weighted by Crippen LogP contribution is 2.20. The van der Waals surface area contributed by atoms with Crippen LogP contribution in [0.3, 0.4) is 0 Å². The highest BCUT2D eigenvalue weighted by atomic mass is 19.1. The molecule has 0 amide bonds. The van der Waals surface area contributed by atoms with Gasteiger partial charge in [-0.15, -0.1) is 0 Å². The quantitative estimate of drug-likeness (QED) is 0.812. The summed E-state index contributed by atoms with van der Waals surface area (Å²) in [4.78, 5) is 0. The first-order valence-corrected chi connectivity index (χ1v) is 5.50. The van der Waals surface area contributed by atoms with Gasteiger partial charge < -0.3 is 11.1 Å². The van der Waals surface area contributed by atoms with Crippen molar-refractivity contribution in [1.82, 2.24) is 5.32 Å². The lowest BCUT2D eigenvalue weighted by Gasteiger charge is -2.22.